The Kier molecular flexibility index (Phi) is 8.60. The van der Waals surface area contributed by atoms with Crippen molar-refractivity contribution >= 4 is 44.3 Å². The van der Waals surface area contributed by atoms with Crippen molar-refractivity contribution in [3.8, 4) is 11.4 Å². The third kappa shape index (κ3) is 6.37. The quantitative estimate of drug-likeness (QED) is 0.108. The fourth-order valence-electron chi connectivity index (χ4n) is 4.91. The molecule has 46 heavy (non-hydrogen) atoms. The van der Waals surface area contributed by atoms with Gasteiger partial charge in [-0.25, -0.2) is 22.9 Å². The predicted molar refractivity (Wildman–Crippen MR) is 181 cm³/mol. The van der Waals surface area contributed by atoms with E-state index in [-0.39, 0.29) is 21.8 Å². The van der Waals surface area contributed by atoms with Gasteiger partial charge in [-0.05, 0) is 55.0 Å². The number of aryl methyl sites for hydroxylation is 1. The van der Waals surface area contributed by atoms with E-state index in [2.05, 4.69) is 10.1 Å². The Balaban J connectivity index is 1.46. The second-order valence-corrected chi connectivity index (χ2v) is 13.2. The van der Waals surface area contributed by atoms with Gasteiger partial charge in [-0.1, -0.05) is 102 Å². The standard InChI is InChI=1S/C35H28N4O5S2/c1-23-19-21-25(22-20-23)46(43,44)38-30-17-9-10-18-31(30)45-33(24-11-3-2-4-12-24)37-39-32(26-13-5-6-14-27(26)35(41)42)36-29-16-8-7-15-28(29)34(39)40/h2-22,33,37-38H,1H3,(H,41,42). The van der Waals surface area contributed by atoms with E-state index in [4.69, 9.17) is 4.98 Å². The topological polar surface area (TPSA) is 130 Å². The molecule has 11 heteroatoms. The Labute approximate surface area is 269 Å². The number of thioether (sulfide) groups is 1. The Morgan fingerprint density at radius 3 is 2.24 bits per heavy atom. The number of hydrogen-bond donors (Lipinski definition) is 3. The number of rotatable bonds is 10. The molecule has 0 saturated heterocycles. The summed E-state index contributed by atoms with van der Waals surface area (Å²) in [6.45, 7) is 1.88. The van der Waals surface area contributed by atoms with E-state index in [1.54, 1.807) is 91.0 Å². The second-order valence-electron chi connectivity index (χ2n) is 10.4. The summed E-state index contributed by atoms with van der Waals surface area (Å²) in [7, 11) is -3.90. The molecule has 0 aliphatic heterocycles. The van der Waals surface area contributed by atoms with Crippen LogP contribution >= 0.6 is 11.8 Å². The normalized spacial score (nSPS) is 12.0. The van der Waals surface area contributed by atoms with E-state index in [0.717, 1.165) is 11.1 Å². The number of carboxylic acid groups (broad SMARTS) is 1. The summed E-state index contributed by atoms with van der Waals surface area (Å²) in [5.74, 6) is -1.04. The van der Waals surface area contributed by atoms with Crippen molar-refractivity contribution in [3.63, 3.8) is 0 Å². The van der Waals surface area contributed by atoms with E-state index in [0.29, 0.717) is 21.5 Å². The zero-order chi connectivity index (χ0) is 32.3. The average Bonchev–Trinajstić information content (AvgIpc) is 3.06. The molecule has 1 aromatic heterocycles. The van der Waals surface area contributed by atoms with Crippen molar-refractivity contribution in [2.75, 3.05) is 10.1 Å². The van der Waals surface area contributed by atoms with Crippen molar-refractivity contribution in [1.29, 1.82) is 0 Å². The number of anilines is 1. The van der Waals surface area contributed by atoms with Crippen molar-refractivity contribution in [3.05, 3.63) is 154 Å². The van der Waals surface area contributed by atoms with Gasteiger partial charge < -0.3 is 10.5 Å². The van der Waals surface area contributed by atoms with Gasteiger partial charge in [-0.15, -0.1) is 0 Å². The van der Waals surface area contributed by atoms with Gasteiger partial charge in [0.05, 0.1) is 27.0 Å². The lowest BCUT2D eigenvalue weighted by atomic mass is 10.1. The van der Waals surface area contributed by atoms with Crippen molar-refractivity contribution in [2.45, 2.75) is 22.1 Å². The summed E-state index contributed by atoms with van der Waals surface area (Å²) in [5, 5.41) is 9.67. The predicted octanol–water partition coefficient (Wildman–Crippen LogP) is 6.91. The number of para-hydroxylation sites is 2. The maximum Gasteiger partial charge on any atom is 0.336 e. The number of nitrogens with zero attached hydrogens (tertiary/aromatic N) is 2. The molecule has 0 fully saturated rings. The smallest absolute Gasteiger partial charge is 0.336 e. The van der Waals surface area contributed by atoms with Crippen LogP contribution in [0.1, 0.15) is 26.9 Å². The Morgan fingerprint density at radius 1 is 0.826 bits per heavy atom. The Bertz CT molecular complexity index is 2220. The van der Waals surface area contributed by atoms with E-state index in [1.807, 2.05) is 37.3 Å². The number of carboxylic acids is 1. The van der Waals surface area contributed by atoms with Crippen molar-refractivity contribution < 1.29 is 18.3 Å². The van der Waals surface area contributed by atoms with Gasteiger partial charge >= 0.3 is 5.97 Å². The summed E-state index contributed by atoms with van der Waals surface area (Å²) in [6, 6.07) is 36.2. The molecule has 9 nitrogen and oxygen atoms in total. The van der Waals surface area contributed by atoms with Gasteiger partial charge in [0.2, 0.25) is 0 Å². The van der Waals surface area contributed by atoms with Crippen LogP contribution in [-0.2, 0) is 10.0 Å². The van der Waals surface area contributed by atoms with Gasteiger partial charge in [-0.3, -0.25) is 9.52 Å². The number of carbonyl (C=O) groups is 1. The van der Waals surface area contributed by atoms with Crippen LogP contribution in [0.5, 0.6) is 0 Å². The molecule has 0 saturated carbocycles. The first-order valence-electron chi connectivity index (χ1n) is 14.2. The fourth-order valence-corrected chi connectivity index (χ4v) is 7.17. The van der Waals surface area contributed by atoms with E-state index >= 15 is 0 Å². The van der Waals surface area contributed by atoms with Crippen LogP contribution in [0.25, 0.3) is 22.3 Å². The first-order valence-corrected chi connectivity index (χ1v) is 16.6. The summed E-state index contributed by atoms with van der Waals surface area (Å²) < 4.78 is 30.6. The zero-order valence-corrected chi connectivity index (χ0v) is 26.1. The van der Waals surface area contributed by atoms with Gasteiger partial charge in [0.1, 0.15) is 5.37 Å². The largest absolute Gasteiger partial charge is 0.478 e. The minimum absolute atomic E-state index is 0.0139. The molecule has 3 N–H and O–H groups in total. The third-order valence-corrected chi connectivity index (χ3v) is 9.83. The molecule has 5 aromatic carbocycles. The van der Waals surface area contributed by atoms with Crippen molar-refractivity contribution in [2.24, 2.45) is 0 Å². The molecule has 0 bridgehead atoms. The molecule has 0 amide bonds. The molecule has 6 rings (SSSR count). The minimum atomic E-state index is -3.90. The highest BCUT2D eigenvalue weighted by Gasteiger charge is 2.23. The number of sulfonamides is 1. The van der Waals surface area contributed by atoms with Crippen LogP contribution in [0, 0.1) is 6.92 Å². The number of fused-ring (bicyclic) bond motifs is 1. The number of aromatic nitrogens is 2. The molecule has 6 aromatic rings. The summed E-state index contributed by atoms with van der Waals surface area (Å²) >= 11 is 1.29. The second kappa shape index (κ2) is 12.9. The number of nitrogens with one attached hydrogen (secondary N) is 2. The highest BCUT2D eigenvalue weighted by Crippen LogP contribution is 2.39. The lowest BCUT2D eigenvalue weighted by Crippen LogP contribution is -2.33. The first kappa shape index (κ1) is 30.6. The van der Waals surface area contributed by atoms with Crippen LogP contribution < -0.4 is 15.7 Å². The molecule has 0 radical (unpaired) electrons. The van der Waals surface area contributed by atoms with Crippen molar-refractivity contribution in [1.82, 2.24) is 9.66 Å². The van der Waals surface area contributed by atoms with Gasteiger partial charge in [0.15, 0.2) is 5.82 Å². The maximum absolute atomic E-state index is 14.1. The number of aromatic carboxylic acids is 1. The van der Waals surface area contributed by atoms with Gasteiger partial charge in [0, 0.05) is 10.5 Å². The van der Waals surface area contributed by atoms with E-state index in [1.165, 1.54) is 22.5 Å². The van der Waals surface area contributed by atoms with Crippen LogP contribution in [0.4, 0.5) is 5.69 Å². The first-order chi connectivity index (χ1) is 22.2. The Morgan fingerprint density at radius 2 is 1.48 bits per heavy atom. The number of hydrogen-bond acceptors (Lipinski definition) is 7. The molecular formula is C35H28N4O5S2. The third-order valence-electron chi connectivity index (χ3n) is 7.23. The lowest BCUT2D eigenvalue weighted by molar-refractivity contribution is 0.0697. The van der Waals surface area contributed by atoms with E-state index in [9.17, 15) is 23.1 Å². The fraction of sp³-hybridized carbons (Fsp3) is 0.0571. The van der Waals surface area contributed by atoms with Crippen LogP contribution in [-0.4, -0.2) is 29.2 Å². The highest BCUT2D eigenvalue weighted by atomic mass is 32.2. The molecule has 1 heterocycles. The molecule has 0 aliphatic carbocycles. The number of benzene rings is 5. The van der Waals surface area contributed by atoms with Gasteiger partial charge in [-0.2, -0.15) is 0 Å². The SMILES string of the molecule is Cc1ccc(S(=O)(=O)Nc2ccccc2SC(Nn2c(-c3ccccc3C(=O)O)nc3ccccc3c2=O)c2ccccc2)cc1. The molecule has 0 spiro atoms. The lowest BCUT2D eigenvalue weighted by Gasteiger charge is -2.25. The molecule has 0 aliphatic rings. The maximum atomic E-state index is 14.1. The van der Waals surface area contributed by atoms with Crippen LogP contribution in [0.2, 0.25) is 0 Å². The summed E-state index contributed by atoms with van der Waals surface area (Å²) in [4.78, 5) is 31.8. The van der Waals surface area contributed by atoms with Gasteiger partial charge in [0.25, 0.3) is 15.6 Å². The minimum Gasteiger partial charge on any atom is -0.478 e. The molecule has 1 atom stereocenters. The zero-order valence-electron chi connectivity index (χ0n) is 24.5. The summed E-state index contributed by atoms with van der Waals surface area (Å²) in [5.41, 5.74) is 5.62. The van der Waals surface area contributed by atoms with E-state index < -0.39 is 26.9 Å². The summed E-state index contributed by atoms with van der Waals surface area (Å²) in [6.07, 6.45) is 0. The molecular weight excluding hydrogens is 621 g/mol. The average molecular weight is 649 g/mol. The highest BCUT2D eigenvalue weighted by molar-refractivity contribution is 8.00. The van der Waals surface area contributed by atoms with Crippen LogP contribution in [0.15, 0.2) is 142 Å². The van der Waals surface area contributed by atoms with Crippen LogP contribution in [0.3, 0.4) is 0 Å². The monoisotopic (exact) mass is 648 g/mol. The molecule has 230 valence electrons. The molecule has 1 unspecified atom stereocenters. The Hall–Kier alpha value is -5.39.